The largest absolute Gasteiger partial charge is 0.383 e. The van der Waals surface area contributed by atoms with Gasteiger partial charge in [0.1, 0.15) is 11.5 Å². The van der Waals surface area contributed by atoms with Gasteiger partial charge in [0.05, 0.1) is 11.2 Å². The molecule has 4 rings (SSSR count). The van der Waals surface area contributed by atoms with Gasteiger partial charge in [0, 0.05) is 42.5 Å². The van der Waals surface area contributed by atoms with Crippen molar-refractivity contribution in [3.63, 3.8) is 0 Å². The summed E-state index contributed by atoms with van der Waals surface area (Å²) in [6.07, 6.45) is 5.11. The maximum atomic E-state index is 13.7. The summed E-state index contributed by atoms with van der Waals surface area (Å²) in [6, 6.07) is 7.37. The van der Waals surface area contributed by atoms with Crippen molar-refractivity contribution in [2.75, 3.05) is 5.73 Å². The van der Waals surface area contributed by atoms with Gasteiger partial charge in [-0.05, 0) is 18.2 Å². The average molecular weight is 341 g/mol. The first-order valence-corrected chi connectivity index (χ1v) is 7.48. The summed E-state index contributed by atoms with van der Waals surface area (Å²) in [7, 11) is 0. The van der Waals surface area contributed by atoms with Crippen molar-refractivity contribution in [3.05, 3.63) is 65.0 Å². The second kappa shape index (κ2) is 5.10. The third kappa shape index (κ3) is 2.42. The lowest BCUT2D eigenvalue weighted by atomic mass is 10.1. The van der Waals surface area contributed by atoms with Crippen LogP contribution in [0, 0.1) is 0 Å². The quantitative estimate of drug-likeness (QED) is 0.608. The highest BCUT2D eigenvalue weighted by Gasteiger charge is 2.25. The number of benzene rings is 1. The van der Waals surface area contributed by atoms with Crippen LogP contribution in [0.4, 0.5) is 14.6 Å². The Hall–Kier alpha value is -3.29. The zero-order chi connectivity index (χ0) is 17.8. The predicted molar refractivity (Wildman–Crippen MR) is 90.1 cm³/mol. The zero-order valence-electron chi connectivity index (χ0n) is 13.1. The predicted octanol–water partition coefficient (Wildman–Crippen LogP) is 2.73. The van der Waals surface area contributed by atoms with E-state index in [4.69, 9.17) is 5.73 Å². The smallest absolute Gasteiger partial charge is 0.354 e. The van der Waals surface area contributed by atoms with Crippen molar-refractivity contribution in [3.8, 4) is 5.69 Å². The molecule has 0 aliphatic carbocycles. The number of fused-ring (bicyclic) bond motifs is 2. The number of nitrogen functional groups attached to an aromatic ring is 1. The minimum Gasteiger partial charge on any atom is -0.383 e. The van der Waals surface area contributed by atoms with Gasteiger partial charge in [-0.3, -0.25) is 4.57 Å². The van der Waals surface area contributed by atoms with Crippen molar-refractivity contribution in [2.24, 2.45) is 0 Å². The molecule has 0 spiro atoms. The van der Waals surface area contributed by atoms with Crippen LogP contribution < -0.4 is 11.4 Å². The maximum Gasteiger partial charge on any atom is 0.354 e. The SMILES string of the molecule is CC(F)(F)c1ccc2c(N)nc(=O)n(-c3ccn4ccnc4c3)c2c1. The van der Waals surface area contributed by atoms with Gasteiger partial charge in [0.2, 0.25) is 0 Å². The number of pyridine rings is 1. The molecule has 0 saturated carbocycles. The van der Waals surface area contributed by atoms with Gasteiger partial charge in [0.25, 0.3) is 5.92 Å². The number of halogens is 2. The van der Waals surface area contributed by atoms with Crippen molar-refractivity contribution in [1.29, 1.82) is 0 Å². The number of hydrogen-bond acceptors (Lipinski definition) is 4. The monoisotopic (exact) mass is 341 g/mol. The normalized spacial score (nSPS) is 12.1. The van der Waals surface area contributed by atoms with Crippen molar-refractivity contribution in [2.45, 2.75) is 12.8 Å². The van der Waals surface area contributed by atoms with Crippen LogP contribution in [-0.4, -0.2) is 18.9 Å². The van der Waals surface area contributed by atoms with Crippen molar-refractivity contribution >= 4 is 22.4 Å². The molecule has 0 atom stereocenters. The van der Waals surface area contributed by atoms with Gasteiger partial charge in [-0.2, -0.15) is 4.98 Å². The van der Waals surface area contributed by atoms with Gasteiger partial charge in [-0.1, -0.05) is 6.07 Å². The van der Waals surface area contributed by atoms with E-state index in [-0.39, 0.29) is 16.9 Å². The highest BCUT2D eigenvalue weighted by molar-refractivity contribution is 5.89. The fourth-order valence-corrected chi connectivity index (χ4v) is 2.81. The molecule has 0 saturated heterocycles. The Balaban J connectivity index is 2.09. The lowest BCUT2D eigenvalue weighted by Crippen LogP contribution is -2.23. The van der Waals surface area contributed by atoms with E-state index in [9.17, 15) is 13.6 Å². The number of nitrogens with two attached hydrogens (primary N) is 1. The van der Waals surface area contributed by atoms with E-state index in [2.05, 4.69) is 9.97 Å². The topological polar surface area (TPSA) is 78.2 Å². The van der Waals surface area contributed by atoms with Crippen molar-refractivity contribution < 1.29 is 8.78 Å². The first kappa shape index (κ1) is 15.3. The van der Waals surface area contributed by atoms with E-state index in [0.717, 1.165) is 6.92 Å². The molecule has 8 heteroatoms. The molecule has 1 aromatic carbocycles. The van der Waals surface area contributed by atoms with E-state index in [1.807, 2.05) is 0 Å². The van der Waals surface area contributed by atoms with Crippen LogP contribution in [0.15, 0.2) is 53.7 Å². The summed E-state index contributed by atoms with van der Waals surface area (Å²) in [6.45, 7) is 0.803. The summed E-state index contributed by atoms with van der Waals surface area (Å²) >= 11 is 0. The van der Waals surface area contributed by atoms with Crippen LogP contribution in [0.25, 0.3) is 22.2 Å². The molecule has 0 unspecified atom stereocenters. The Kier molecular flexibility index (Phi) is 3.11. The second-order valence-corrected chi connectivity index (χ2v) is 5.81. The average Bonchev–Trinajstić information content (AvgIpc) is 3.01. The third-order valence-electron chi connectivity index (χ3n) is 4.07. The third-order valence-corrected chi connectivity index (χ3v) is 4.07. The number of nitrogens with zero attached hydrogens (tertiary/aromatic N) is 4. The van der Waals surface area contributed by atoms with Crippen LogP contribution in [0.2, 0.25) is 0 Å². The van der Waals surface area contributed by atoms with Crippen LogP contribution in [-0.2, 0) is 5.92 Å². The summed E-state index contributed by atoms with van der Waals surface area (Å²) in [4.78, 5) is 20.4. The van der Waals surface area contributed by atoms with E-state index in [1.54, 1.807) is 35.1 Å². The summed E-state index contributed by atoms with van der Waals surface area (Å²) < 4.78 is 30.5. The lowest BCUT2D eigenvalue weighted by Gasteiger charge is -2.15. The number of hydrogen-bond donors (Lipinski definition) is 1. The molecule has 3 aromatic heterocycles. The van der Waals surface area contributed by atoms with E-state index >= 15 is 0 Å². The summed E-state index contributed by atoms with van der Waals surface area (Å²) in [5, 5.41) is 0.427. The minimum absolute atomic E-state index is 0.00380. The molecule has 25 heavy (non-hydrogen) atoms. The molecular formula is C17H13F2N5O. The number of rotatable bonds is 2. The molecule has 126 valence electrons. The Labute approximate surface area is 140 Å². The molecule has 0 aliphatic rings. The highest BCUT2D eigenvalue weighted by Crippen LogP contribution is 2.31. The van der Waals surface area contributed by atoms with Crippen LogP contribution in [0.5, 0.6) is 0 Å². The Morgan fingerprint density at radius 1 is 1.16 bits per heavy atom. The van der Waals surface area contributed by atoms with Crippen molar-refractivity contribution in [1.82, 2.24) is 18.9 Å². The minimum atomic E-state index is -3.04. The highest BCUT2D eigenvalue weighted by atomic mass is 19.3. The standard InChI is InChI=1S/C17H13F2N5O/c1-17(18,19)10-2-3-12-13(8-10)24(16(25)22-15(12)20)11-4-6-23-7-5-21-14(23)9-11/h2-9H,1H3,(H2,20,22,25). The molecule has 0 fully saturated rings. The molecule has 4 aromatic rings. The second-order valence-electron chi connectivity index (χ2n) is 5.81. The van der Waals surface area contributed by atoms with E-state index in [1.165, 1.54) is 22.8 Å². The number of imidazole rings is 1. The van der Waals surface area contributed by atoms with Gasteiger partial charge in [0.15, 0.2) is 0 Å². The molecular weight excluding hydrogens is 328 g/mol. The number of anilines is 1. The molecule has 0 aliphatic heterocycles. The van der Waals surface area contributed by atoms with Crippen LogP contribution in [0.3, 0.4) is 0 Å². The number of alkyl halides is 2. The first-order chi connectivity index (χ1) is 11.8. The van der Waals surface area contributed by atoms with E-state index in [0.29, 0.717) is 16.7 Å². The van der Waals surface area contributed by atoms with Crippen LogP contribution >= 0.6 is 0 Å². The zero-order valence-corrected chi connectivity index (χ0v) is 13.1. The molecule has 2 N–H and O–H groups in total. The maximum absolute atomic E-state index is 13.7. The first-order valence-electron chi connectivity index (χ1n) is 7.48. The number of aromatic nitrogens is 4. The fraction of sp³-hybridized carbons (Fsp3) is 0.118. The molecule has 0 bridgehead atoms. The Morgan fingerprint density at radius 3 is 2.72 bits per heavy atom. The summed E-state index contributed by atoms with van der Waals surface area (Å²) in [5.41, 5.74) is 6.32. The van der Waals surface area contributed by atoms with Gasteiger partial charge < -0.3 is 10.1 Å². The molecule has 0 amide bonds. The molecule has 3 heterocycles. The van der Waals surface area contributed by atoms with Gasteiger partial charge >= 0.3 is 5.69 Å². The van der Waals surface area contributed by atoms with Crippen LogP contribution in [0.1, 0.15) is 12.5 Å². The Morgan fingerprint density at radius 2 is 1.96 bits per heavy atom. The molecule has 0 radical (unpaired) electrons. The summed E-state index contributed by atoms with van der Waals surface area (Å²) in [5.74, 6) is -3.04. The lowest BCUT2D eigenvalue weighted by molar-refractivity contribution is 0.0176. The fourth-order valence-electron chi connectivity index (χ4n) is 2.81. The molecule has 6 nitrogen and oxygen atoms in total. The van der Waals surface area contributed by atoms with Gasteiger partial charge in [-0.25, -0.2) is 18.6 Å². The Bertz CT molecular complexity index is 1170. The van der Waals surface area contributed by atoms with E-state index < -0.39 is 11.6 Å². The van der Waals surface area contributed by atoms with Gasteiger partial charge in [-0.15, -0.1) is 0 Å².